The summed E-state index contributed by atoms with van der Waals surface area (Å²) in [6, 6.07) is 13.8. The van der Waals surface area contributed by atoms with E-state index in [1.54, 1.807) is 48.5 Å². The number of methoxy groups -OCH3 is 2. The van der Waals surface area contributed by atoms with E-state index in [4.69, 9.17) is 18.9 Å². The molecule has 0 bridgehead atoms. The minimum absolute atomic E-state index is 0.263. The van der Waals surface area contributed by atoms with Gasteiger partial charge in [-0.15, -0.1) is 0 Å². The molecule has 26 heavy (non-hydrogen) atoms. The normalized spacial score (nSPS) is 9.77. The number of hydrogen-bond donors (Lipinski definition) is 2. The Hall–Kier alpha value is -3.42. The van der Waals surface area contributed by atoms with Crippen LogP contribution in [0.1, 0.15) is 0 Å². The molecular weight excluding hydrogens is 340 g/mol. The third-order valence-corrected chi connectivity index (χ3v) is 3.18. The maximum Gasteiger partial charge on any atom is 0.276 e. The van der Waals surface area contributed by atoms with E-state index in [1.165, 1.54) is 14.2 Å². The van der Waals surface area contributed by atoms with Gasteiger partial charge >= 0.3 is 0 Å². The third-order valence-electron chi connectivity index (χ3n) is 3.18. The number of para-hydroxylation sites is 2. The molecule has 2 aromatic carbocycles. The zero-order valence-electron chi connectivity index (χ0n) is 14.5. The molecule has 2 rings (SSSR count). The Kier molecular flexibility index (Phi) is 7.11. The molecule has 2 aromatic rings. The second kappa shape index (κ2) is 9.77. The lowest BCUT2D eigenvalue weighted by molar-refractivity contribution is -0.131. The maximum absolute atomic E-state index is 11.7. The van der Waals surface area contributed by atoms with Gasteiger partial charge in [0.15, 0.2) is 24.7 Å². The van der Waals surface area contributed by atoms with Crippen LogP contribution in [0.3, 0.4) is 0 Å². The van der Waals surface area contributed by atoms with E-state index < -0.39 is 11.8 Å². The van der Waals surface area contributed by atoms with Crippen molar-refractivity contribution in [3.63, 3.8) is 0 Å². The van der Waals surface area contributed by atoms with Gasteiger partial charge in [0, 0.05) is 6.07 Å². The molecule has 0 unspecified atom stereocenters. The number of carbonyl (C=O) groups excluding carboxylic acids is 2. The van der Waals surface area contributed by atoms with Gasteiger partial charge in [0.25, 0.3) is 11.8 Å². The molecule has 138 valence electrons. The van der Waals surface area contributed by atoms with E-state index in [-0.39, 0.29) is 13.2 Å². The largest absolute Gasteiger partial charge is 0.497 e. The van der Waals surface area contributed by atoms with E-state index in [2.05, 4.69) is 10.9 Å². The second-order valence-corrected chi connectivity index (χ2v) is 5.00. The summed E-state index contributed by atoms with van der Waals surface area (Å²) < 4.78 is 20.8. The number of rotatable bonds is 8. The third kappa shape index (κ3) is 5.90. The van der Waals surface area contributed by atoms with Crippen molar-refractivity contribution in [1.29, 1.82) is 0 Å². The molecule has 8 nitrogen and oxygen atoms in total. The molecule has 0 heterocycles. The first kappa shape index (κ1) is 18.9. The SMILES string of the molecule is COc1cccc(OCC(=O)NNC(=O)COc2ccccc2OC)c1. The van der Waals surface area contributed by atoms with Gasteiger partial charge < -0.3 is 18.9 Å². The molecule has 0 saturated heterocycles. The van der Waals surface area contributed by atoms with Gasteiger partial charge in [0.05, 0.1) is 14.2 Å². The van der Waals surface area contributed by atoms with Gasteiger partial charge in [-0.2, -0.15) is 0 Å². The van der Waals surface area contributed by atoms with Gasteiger partial charge in [0.2, 0.25) is 0 Å². The first-order chi connectivity index (χ1) is 12.6. The van der Waals surface area contributed by atoms with Crippen molar-refractivity contribution in [3.8, 4) is 23.0 Å². The minimum atomic E-state index is -0.523. The lowest BCUT2D eigenvalue weighted by Crippen LogP contribution is -2.45. The Labute approximate surface area is 151 Å². The van der Waals surface area contributed by atoms with Crippen LogP contribution in [0.25, 0.3) is 0 Å². The second-order valence-electron chi connectivity index (χ2n) is 5.00. The summed E-state index contributed by atoms with van der Waals surface area (Å²) in [6.45, 7) is -0.543. The number of ether oxygens (including phenoxy) is 4. The summed E-state index contributed by atoms with van der Waals surface area (Å²) in [7, 11) is 3.04. The van der Waals surface area contributed by atoms with E-state index >= 15 is 0 Å². The number of benzene rings is 2. The Morgan fingerprint density at radius 2 is 1.38 bits per heavy atom. The fourth-order valence-corrected chi connectivity index (χ4v) is 1.93. The Morgan fingerprint density at radius 1 is 0.769 bits per heavy atom. The van der Waals surface area contributed by atoms with Gasteiger partial charge in [-0.25, -0.2) is 0 Å². The van der Waals surface area contributed by atoms with Crippen LogP contribution in [-0.2, 0) is 9.59 Å². The van der Waals surface area contributed by atoms with Crippen molar-refractivity contribution in [2.75, 3.05) is 27.4 Å². The molecular formula is C18H20N2O6. The van der Waals surface area contributed by atoms with Gasteiger partial charge in [0.1, 0.15) is 11.5 Å². The van der Waals surface area contributed by atoms with E-state index in [0.717, 1.165) is 0 Å². The smallest absolute Gasteiger partial charge is 0.276 e. The lowest BCUT2D eigenvalue weighted by atomic mass is 10.3. The predicted molar refractivity (Wildman–Crippen MR) is 93.3 cm³/mol. The highest BCUT2D eigenvalue weighted by Crippen LogP contribution is 2.25. The molecule has 8 heteroatoms. The fraction of sp³-hybridized carbons (Fsp3) is 0.222. The van der Waals surface area contributed by atoms with E-state index in [0.29, 0.717) is 23.0 Å². The highest BCUT2D eigenvalue weighted by Gasteiger charge is 2.09. The predicted octanol–water partition coefficient (Wildman–Crippen LogP) is 1.31. The van der Waals surface area contributed by atoms with Crippen molar-refractivity contribution in [2.45, 2.75) is 0 Å². The Morgan fingerprint density at radius 3 is 2.04 bits per heavy atom. The average molecular weight is 360 g/mol. The molecule has 0 aliphatic heterocycles. The summed E-state index contributed by atoms with van der Waals surface area (Å²) in [6.07, 6.45) is 0. The summed E-state index contributed by atoms with van der Waals surface area (Å²) in [5, 5.41) is 0. The van der Waals surface area contributed by atoms with Crippen LogP contribution >= 0.6 is 0 Å². The zero-order chi connectivity index (χ0) is 18.8. The maximum atomic E-state index is 11.7. The van der Waals surface area contributed by atoms with Crippen LogP contribution in [0.15, 0.2) is 48.5 Å². The summed E-state index contributed by atoms with van der Waals surface area (Å²) in [5.74, 6) is 0.994. The van der Waals surface area contributed by atoms with Gasteiger partial charge in [-0.1, -0.05) is 18.2 Å². The van der Waals surface area contributed by atoms with Crippen molar-refractivity contribution in [1.82, 2.24) is 10.9 Å². The standard InChI is InChI=1S/C18H20N2O6/c1-23-13-6-5-7-14(10-13)25-11-17(21)19-20-18(22)12-26-16-9-4-3-8-15(16)24-2/h3-10H,11-12H2,1-2H3,(H,19,21)(H,20,22). The minimum Gasteiger partial charge on any atom is -0.497 e. The van der Waals surface area contributed by atoms with Gasteiger partial charge in [-0.05, 0) is 24.3 Å². The highest BCUT2D eigenvalue weighted by molar-refractivity contribution is 5.83. The fourth-order valence-electron chi connectivity index (χ4n) is 1.93. The first-order valence-electron chi connectivity index (χ1n) is 7.72. The average Bonchev–Trinajstić information content (AvgIpc) is 2.69. The lowest BCUT2D eigenvalue weighted by Gasteiger charge is -2.11. The van der Waals surface area contributed by atoms with E-state index in [9.17, 15) is 9.59 Å². The molecule has 0 aliphatic rings. The summed E-state index contributed by atoms with van der Waals surface area (Å²) in [5.41, 5.74) is 4.48. The number of nitrogens with one attached hydrogen (secondary N) is 2. The Bertz CT molecular complexity index is 750. The quantitative estimate of drug-likeness (QED) is 0.689. The number of hydrogen-bond acceptors (Lipinski definition) is 6. The Balaban J connectivity index is 1.70. The molecule has 0 radical (unpaired) electrons. The monoisotopic (exact) mass is 360 g/mol. The van der Waals surface area contributed by atoms with Crippen LogP contribution in [0.4, 0.5) is 0 Å². The number of carbonyl (C=O) groups is 2. The molecule has 0 atom stereocenters. The summed E-state index contributed by atoms with van der Waals surface area (Å²) >= 11 is 0. The molecule has 2 amide bonds. The van der Waals surface area contributed by atoms with Crippen LogP contribution in [-0.4, -0.2) is 39.2 Å². The molecule has 0 spiro atoms. The van der Waals surface area contributed by atoms with E-state index in [1.807, 2.05) is 0 Å². The first-order valence-corrected chi connectivity index (χ1v) is 7.72. The highest BCUT2D eigenvalue weighted by atomic mass is 16.5. The van der Waals surface area contributed by atoms with Gasteiger partial charge in [-0.3, -0.25) is 20.4 Å². The van der Waals surface area contributed by atoms with Crippen molar-refractivity contribution in [3.05, 3.63) is 48.5 Å². The molecule has 0 fully saturated rings. The van der Waals surface area contributed by atoms with Crippen molar-refractivity contribution < 1.29 is 28.5 Å². The zero-order valence-corrected chi connectivity index (χ0v) is 14.5. The molecule has 0 saturated carbocycles. The van der Waals surface area contributed by atoms with Crippen LogP contribution in [0, 0.1) is 0 Å². The van der Waals surface area contributed by atoms with Crippen LogP contribution in [0.2, 0.25) is 0 Å². The molecule has 0 aliphatic carbocycles. The number of amides is 2. The number of hydrazine groups is 1. The van der Waals surface area contributed by atoms with Crippen molar-refractivity contribution in [2.24, 2.45) is 0 Å². The summed E-state index contributed by atoms with van der Waals surface area (Å²) in [4.78, 5) is 23.4. The van der Waals surface area contributed by atoms with Crippen LogP contribution < -0.4 is 29.8 Å². The topological polar surface area (TPSA) is 95.1 Å². The molecule has 2 N–H and O–H groups in total. The van der Waals surface area contributed by atoms with Crippen LogP contribution in [0.5, 0.6) is 23.0 Å². The van der Waals surface area contributed by atoms with Crippen molar-refractivity contribution >= 4 is 11.8 Å². The molecule has 0 aromatic heterocycles.